The van der Waals surface area contributed by atoms with E-state index in [-0.39, 0.29) is 0 Å². The van der Waals surface area contributed by atoms with E-state index < -0.39 is 0 Å². The van der Waals surface area contributed by atoms with Crippen molar-refractivity contribution in [2.75, 3.05) is 39.8 Å². The van der Waals surface area contributed by atoms with E-state index in [4.69, 9.17) is 4.74 Å². The van der Waals surface area contributed by atoms with Crippen LogP contribution in [0.5, 0.6) is 5.75 Å². The maximum atomic E-state index is 5.63. The lowest BCUT2D eigenvalue weighted by molar-refractivity contribution is 0.0540. The van der Waals surface area contributed by atoms with E-state index in [1.54, 1.807) is 7.11 Å². The van der Waals surface area contributed by atoms with Gasteiger partial charge in [0.05, 0.1) is 7.11 Å². The van der Waals surface area contributed by atoms with Gasteiger partial charge in [0, 0.05) is 43.8 Å². The average Bonchev–Trinajstić information content (AvgIpc) is 3.27. The van der Waals surface area contributed by atoms with Gasteiger partial charge < -0.3 is 4.74 Å². The van der Waals surface area contributed by atoms with E-state index in [0.29, 0.717) is 6.04 Å². The lowest BCUT2D eigenvalue weighted by Crippen LogP contribution is -2.54. The van der Waals surface area contributed by atoms with Crippen molar-refractivity contribution in [3.63, 3.8) is 0 Å². The van der Waals surface area contributed by atoms with Crippen molar-refractivity contribution in [1.82, 2.24) is 14.7 Å². The molecule has 2 atom stereocenters. The minimum Gasteiger partial charge on any atom is -0.496 e. The van der Waals surface area contributed by atoms with E-state index in [2.05, 4.69) is 39.8 Å². The second-order valence-corrected chi connectivity index (χ2v) is 8.20. The third kappa shape index (κ3) is 3.86. The molecule has 1 aromatic rings. The van der Waals surface area contributed by atoms with Crippen LogP contribution in [0.4, 0.5) is 0 Å². The molecule has 0 saturated carbocycles. The molecular formula is C21H33N3O. The number of hydrogen-bond acceptors (Lipinski definition) is 4. The highest BCUT2D eigenvalue weighted by atomic mass is 16.5. The average molecular weight is 344 g/mol. The van der Waals surface area contributed by atoms with Crippen molar-refractivity contribution in [3.05, 3.63) is 29.3 Å². The first-order valence-corrected chi connectivity index (χ1v) is 10.1. The summed E-state index contributed by atoms with van der Waals surface area (Å²) in [5, 5.41) is 0. The van der Waals surface area contributed by atoms with E-state index in [1.807, 2.05) is 0 Å². The molecule has 3 heterocycles. The zero-order valence-electron chi connectivity index (χ0n) is 15.9. The summed E-state index contributed by atoms with van der Waals surface area (Å²) in [6.07, 6.45) is 5.44. The number of ether oxygens (including phenoxy) is 1. The first-order valence-electron chi connectivity index (χ1n) is 10.1. The van der Waals surface area contributed by atoms with Crippen LogP contribution < -0.4 is 4.74 Å². The molecule has 4 nitrogen and oxygen atoms in total. The Hall–Kier alpha value is -1.10. The molecule has 3 aliphatic heterocycles. The molecule has 0 N–H and O–H groups in total. The van der Waals surface area contributed by atoms with Crippen LogP contribution in [0.3, 0.4) is 0 Å². The molecule has 4 heteroatoms. The molecular weight excluding hydrogens is 310 g/mol. The van der Waals surface area contributed by atoms with Crippen LogP contribution in [0.1, 0.15) is 43.7 Å². The number of likely N-dealkylation sites (tertiary alicyclic amines) is 1. The van der Waals surface area contributed by atoms with Gasteiger partial charge in [0.1, 0.15) is 5.75 Å². The van der Waals surface area contributed by atoms with Crippen LogP contribution in [0.2, 0.25) is 0 Å². The smallest absolute Gasteiger partial charge is 0.123 e. The fourth-order valence-electron chi connectivity index (χ4n) is 4.94. The molecule has 3 fully saturated rings. The number of fused-ring (bicyclic) bond motifs is 1. The molecule has 25 heavy (non-hydrogen) atoms. The van der Waals surface area contributed by atoms with Crippen LogP contribution in [0.25, 0.3) is 0 Å². The molecule has 0 aliphatic carbocycles. The standard InChI is InChI=1S/C21H33N3O/c1-17-13-23-11-5-6-20(23)16-24(17)14-18-7-8-21(25-2)19(12-18)15-22-9-3-4-10-22/h7-8,12,17,20H,3-6,9-11,13-16H2,1-2H3/t17-,20-/m1/s1. The summed E-state index contributed by atoms with van der Waals surface area (Å²) in [5.41, 5.74) is 2.79. The van der Waals surface area contributed by atoms with E-state index in [1.165, 1.54) is 69.5 Å². The molecule has 0 spiro atoms. The summed E-state index contributed by atoms with van der Waals surface area (Å²) < 4.78 is 5.63. The summed E-state index contributed by atoms with van der Waals surface area (Å²) in [6.45, 7) is 10.7. The molecule has 138 valence electrons. The van der Waals surface area contributed by atoms with Crippen molar-refractivity contribution in [2.24, 2.45) is 0 Å². The molecule has 0 unspecified atom stereocenters. The van der Waals surface area contributed by atoms with Crippen LogP contribution in [0, 0.1) is 0 Å². The van der Waals surface area contributed by atoms with Gasteiger partial charge in [-0.15, -0.1) is 0 Å². The largest absolute Gasteiger partial charge is 0.496 e. The highest BCUT2D eigenvalue weighted by molar-refractivity contribution is 5.37. The Morgan fingerprint density at radius 1 is 1.04 bits per heavy atom. The van der Waals surface area contributed by atoms with Gasteiger partial charge in [-0.3, -0.25) is 14.7 Å². The molecule has 0 aromatic heterocycles. The maximum absolute atomic E-state index is 5.63. The van der Waals surface area contributed by atoms with Gasteiger partial charge >= 0.3 is 0 Å². The predicted octanol–water partition coefficient (Wildman–Crippen LogP) is 2.96. The van der Waals surface area contributed by atoms with Gasteiger partial charge in [0.25, 0.3) is 0 Å². The SMILES string of the molecule is COc1ccc(CN2C[C@H]3CCCN3C[C@H]2C)cc1CN1CCCC1. The minimum absolute atomic E-state index is 0.651. The normalized spacial score (nSPS) is 28.4. The number of hydrogen-bond donors (Lipinski definition) is 0. The van der Waals surface area contributed by atoms with Crippen molar-refractivity contribution in [1.29, 1.82) is 0 Å². The van der Waals surface area contributed by atoms with Crippen molar-refractivity contribution >= 4 is 0 Å². The zero-order valence-corrected chi connectivity index (χ0v) is 15.9. The molecule has 3 saturated heterocycles. The van der Waals surface area contributed by atoms with E-state index in [0.717, 1.165) is 24.9 Å². The number of benzene rings is 1. The first-order chi connectivity index (χ1) is 12.2. The third-order valence-electron chi connectivity index (χ3n) is 6.39. The summed E-state index contributed by atoms with van der Waals surface area (Å²) in [5.74, 6) is 1.05. The summed E-state index contributed by atoms with van der Waals surface area (Å²) in [4.78, 5) is 7.95. The number of nitrogens with zero attached hydrogens (tertiary/aromatic N) is 3. The van der Waals surface area contributed by atoms with Gasteiger partial charge in [-0.05, 0) is 69.9 Å². The van der Waals surface area contributed by atoms with Crippen molar-refractivity contribution < 1.29 is 4.74 Å². The minimum atomic E-state index is 0.651. The van der Waals surface area contributed by atoms with Crippen LogP contribution in [0.15, 0.2) is 18.2 Å². The molecule has 1 aromatic carbocycles. The van der Waals surface area contributed by atoms with Gasteiger partial charge in [0.15, 0.2) is 0 Å². The van der Waals surface area contributed by atoms with Gasteiger partial charge in [-0.2, -0.15) is 0 Å². The summed E-state index contributed by atoms with van der Waals surface area (Å²) >= 11 is 0. The number of rotatable bonds is 5. The van der Waals surface area contributed by atoms with Crippen LogP contribution in [-0.2, 0) is 13.1 Å². The van der Waals surface area contributed by atoms with Gasteiger partial charge in [-0.1, -0.05) is 6.07 Å². The molecule has 0 amide bonds. The van der Waals surface area contributed by atoms with Gasteiger partial charge in [0.2, 0.25) is 0 Å². The fraction of sp³-hybridized carbons (Fsp3) is 0.714. The maximum Gasteiger partial charge on any atom is 0.123 e. The molecule has 0 radical (unpaired) electrons. The second kappa shape index (κ2) is 7.65. The number of methoxy groups -OCH3 is 1. The Bertz CT molecular complexity index is 585. The highest BCUT2D eigenvalue weighted by Gasteiger charge is 2.34. The third-order valence-corrected chi connectivity index (χ3v) is 6.39. The summed E-state index contributed by atoms with van der Waals surface area (Å²) in [7, 11) is 1.80. The zero-order chi connectivity index (χ0) is 17.2. The lowest BCUT2D eigenvalue weighted by atomic mass is 10.0. The predicted molar refractivity (Wildman–Crippen MR) is 102 cm³/mol. The Morgan fingerprint density at radius 3 is 2.68 bits per heavy atom. The van der Waals surface area contributed by atoms with Crippen LogP contribution >= 0.6 is 0 Å². The highest BCUT2D eigenvalue weighted by Crippen LogP contribution is 2.28. The Kier molecular flexibility index (Phi) is 5.30. The lowest BCUT2D eigenvalue weighted by Gasteiger charge is -2.42. The molecule has 3 aliphatic rings. The Labute approximate surface area is 152 Å². The second-order valence-electron chi connectivity index (χ2n) is 8.20. The summed E-state index contributed by atoms with van der Waals surface area (Å²) in [6, 6.07) is 8.28. The van der Waals surface area contributed by atoms with E-state index >= 15 is 0 Å². The quantitative estimate of drug-likeness (QED) is 0.818. The molecule has 0 bridgehead atoms. The van der Waals surface area contributed by atoms with Crippen LogP contribution in [-0.4, -0.2) is 66.6 Å². The van der Waals surface area contributed by atoms with Gasteiger partial charge in [-0.25, -0.2) is 0 Å². The van der Waals surface area contributed by atoms with E-state index in [9.17, 15) is 0 Å². The Balaban J connectivity index is 1.46. The van der Waals surface area contributed by atoms with Crippen molar-refractivity contribution in [2.45, 2.75) is 57.8 Å². The molecule has 4 rings (SSSR count). The number of piperazine rings is 1. The monoisotopic (exact) mass is 343 g/mol. The first kappa shape index (κ1) is 17.3. The Morgan fingerprint density at radius 2 is 1.88 bits per heavy atom. The fourth-order valence-corrected chi connectivity index (χ4v) is 4.94. The van der Waals surface area contributed by atoms with Crippen molar-refractivity contribution in [3.8, 4) is 5.75 Å². The topological polar surface area (TPSA) is 19.0 Å².